The fourth-order valence-electron chi connectivity index (χ4n) is 3.38. The van der Waals surface area contributed by atoms with Crippen molar-refractivity contribution in [3.8, 4) is 11.4 Å². The molecule has 0 bridgehead atoms. The van der Waals surface area contributed by atoms with Crippen molar-refractivity contribution in [1.82, 2.24) is 20.4 Å². The van der Waals surface area contributed by atoms with E-state index >= 15 is 0 Å². The lowest BCUT2D eigenvalue weighted by atomic mass is 10.0. The molecular weight excluding hydrogens is 316 g/mol. The molecule has 134 valence electrons. The first-order valence-corrected chi connectivity index (χ1v) is 9.06. The Labute approximate surface area is 148 Å². The molecule has 0 spiro atoms. The molecule has 1 N–H and O–H groups in total. The Morgan fingerprint density at radius 2 is 2.28 bits per heavy atom. The third-order valence-electron chi connectivity index (χ3n) is 4.85. The van der Waals surface area contributed by atoms with E-state index in [-0.39, 0.29) is 5.91 Å². The lowest BCUT2D eigenvalue weighted by molar-refractivity contribution is 0.0948. The van der Waals surface area contributed by atoms with Gasteiger partial charge in [0.1, 0.15) is 17.0 Å². The van der Waals surface area contributed by atoms with E-state index in [1.165, 1.54) is 25.8 Å². The minimum absolute atomic E-state index is 0.147. The first kappa shape index (κ1) is 17.6. The van der Waals surface area contributed by atoms with E-state index in [0.717, 1.165) is 13.0 Å². The van der Waals surface area contributed by atoms with Gasteiger partial charge in [0.2, 0.25) is 0 Å². The normalized spacial score (nSPS) is 18.2. The van der Waals surface area contributed by atoms with Crippen molar-refractivity contribution in [2.45, 2.75) is 45.6 Å². The van der Waals surface area contributed by atoms with Gasteiger partial charge in [0.05, 0.1) is 5.69 Å². The molecule has 25 heavy (non-hydrogen) atoms. The van der Waals surface area contributed by atoms with E-state index in [2.05, 4.69) is 27.3 Å². The number of carbonyl (C=O) groups excluding carboxylic acids is 1. The third kappa shape index (κ3) is 4.25. The second kappa shape index (κ2) is 8.25. The summed E-state index contributed by atoms with van der Waals surface area (Å²) in [5, 5.41) is 7.01. The summed E-state index contributed by atoms with van der Waals surface area (Å²) >= 11 is 0. The molecule has 0 saturated carbocycles. The Bertz CT molecular complexity index is 699. The molecule has 6 nitrogen and oxygen atoms in total. The van der Waals surface area contributed by atoms with Crippen LogP contribution in [0.15, 0.2) is 28.9 Å². The number of amides is 1. The quantitative estimate of drug-likeness (QED) is 0.817. The maximum atomic E-state index is 12.6. The van der Waals surface area contributed by atoms with Crippen LogP contribution in [-0.2, 0) is 0 Å². The van der Waals surface area contributed by atoms with Crippen molar-refractivity contribution < 1.29 is 9.32 Å². The summed E-state index contributed by atoms with van der Waals surface area (Å²) in [6.07, 6.45) is 6.52. The molecule has 1 atom stereocenters. The van der Waals surface area contributed by atoms with Gasteiger partial charge in [-0.15, -0.1) is 0 Å². The van der Waals surface area contributed by atoms with Crippen molar-refractivity contribution >= 4 is 5.91 Å². The summed E-state index contributed by atoms with van der Waals surface area (Å²) in [6.45, 7) is 6.89. The number of likely N-dealkylation sites (tertiary alicyclic amines) is 1. The number of aromatic nitrogens is 2. The van der Waals surface area contributed by atoms with Gasteiger partial charge in [0.15, 0.2) is 0 Å². The number of rotatable bonds is 6. The van der Waals surface area contributed by atoms with Crippen LogP contribution >= 0.6 is 0 Å². The zero-order valence-corrected chi connectivity index (χ0v) is 15.0. The highest BCUT2D eigenvalue weighted by molar-refractivity contribution is 6.00. The van der Waals surface area contributed by atoms with Gasteiger partial charge in [-0.25, -0.2) is 0 Å². The van der Waals surface area contributed by atoms with Crippen molar-refractivity contribution in [1.29, 1.82) is 0 Å². The molecule has 2 aromatic heterocycles. The van der Waals surface area contributed by atoms with Crippen molar-refractivity contribution in [2.24, 2.45) is 0 Å². The van der Waals surface area contributed by atoms with Crippen LogP contribution in [-0.4, -0.2) is 46.6 Å². The Kier molecular flexibility index (Phi) is 5.81. The average Bonchev–Trinajstić information content (AvgIpc) is 3.02. The molecule has 1 aliphatic heterocycles. The van der Waals surface area contributed by atoms with E-state index in [0.29, 0.717) is 35.3 Å². The molecular formula is C19H26N4O2. The summed E-state index contributed by atoms with van der Waals surface area (Å²) in [5.74, 6) is 0.369. The number of hydrogen-bond donors (Lipinski definition) is 1. The zero-order valence-electron chi connectivity index (χ0n) is 15.0. The van der Waals surface area contributed by atoms with Gasteiger partial charge in [-0.2, -0.15) is 0 Å². The van der Waals surface area contributed by atoms with E-state index < -0.39 is 0 Å². The smallest absolute Gasteiger partial charge is 0.257 e. The van der Waals surface area contributed by atoms with Gasteiger partial charge in [0, 0.05) is 25.3 Å². The lowest BCUT2D eigenvalue weighted by Crippen LogP contribution is -2.39. The molecule has 0 radical (unpaired) electrons. The third-order valence-corrected chi connectivity index (χ3v) is 4.85. The highest BCUT2D eigenvalue weighted by atomic mass is 16.5. The van der Waals surface area contributed by atoms with Gasteiger partial charge in [-0.05, 0) is 51.8 Å². The Hall–Kier alpha value is -2.21. The second-order valence-electron chi connectivity index (χ2n) is 6.67. The first-order valence-electron chi connectivity index (χ1n) is 9.06. The predicted octanol–water partition coefficient (Wildman–Crippen LogP) is 3.04. The van der Waals surface area contributed by atoms with Gasteiger partial charge in [-0.1, -0.05) is 17.6 Å². The topological polar surface area (TPSA) is 71.3 Å². The van der Waals surface area contributed by atoms with Crippen LogP contribution in [0.5, 0.6) is 0 Å². The fraction of sp³-hybridized carbons (Fsp3) is 0.526. The standard InChI is InChI=1S/C19H26N4O2/c1-14-8-4-6-12-23(14)13-7-11-21-19(24)17-15(2)25-22-18(17)16-9-3-5-10-20-16/h3,5,9-10,14H,4,6-8,11-13H2,1-2H3,(H,21,24)/t14-/m1/s1. The molecule has 1 saturated heterocycles. The molecule has 3 rings (SSSR count). The molecule has 0 unspecified atom stereocenters. The maximum absolute atomic E-state index is 12.6. The molecule has 2 aromatic rings. The highest BCUT2D eigenvalue weighted by Crippen LogP contribution is 2.23. The summed E-state index contributed by atoms with van der Waals surface area (Å²) in [7, 11) is 0. The summed E-state index contributed by atoms with van der Waals surface area (Å²) in [4.78, 5) is 19.4. The first-order chi connectivity index (χ1) is 12.2. The van der Waals surface area contributed by atoms with Gasteiger partial charge < -0.3 is 14.7 Å². The number of nitrogens with zero attached hydrogens (tertiary/aromatic N) is 3. The van der Waals surface area contributed by atoms with Crippen LogP contribution in [0.2, 0.25) is 0 Å². The van der Waals surface area contributed by atoms with Crippen molar-refractivity contribution in [2.75, 3.05) is 19.6 Å². The van der Waals surface area contributed by atoms with Crippen LogP contribution in [0, 0.1) is 6.92 Å². The highest BCUT2D eigenvalue weighted by Gasteiger charge is 2.22. The van der Waals surface area contributed by atoms with Crippen LogP contribution in [0.3, 0.4) is 0 Å². The average molecular weight is 342 g/mol. The number of nitrogens with one attached hydrogen (secondary N) is 1. The van der Waals surface area contributed by atoms with Gasteiger partial charge >= 0.3 is 0 Å². The largest absolute Gasteiger partial charge is 0.360 e. The van der Waals surface area contributed by atoms with Crippen molar-refractivity contribution in [3.63, 3.8) is 0 Å². The molecule has 6 heteroatoms. The molecule has 3 heterocycles. The van der Waals surface area contributed by atoms with E-state index in [9.17, 15) is 4.79 Å². The van der Waals surface area contributed by atoms with Gasteiger partial charge in [-0.3, -0.25) is 9.78 Å². The molecule has 1 aliphatic rings. The van der Waals surface area contributed by atoms with Crippen LogP contribution in [0.25, 0.3) is 11.4 Å². The lowest BCUT2D eigenvalue weighted by Gasteiger charge is -2.33. The number of pyridine rings is 1. The Morgan fingerprint density at radius 1 is 1.40 bits per heavy atom. The Morgan fingerprint density at radius 3 is 3.04 bits per heavy atom. The van der Waals surface area contributed by atoms with Crippen LogP contribution < -0.4 is 5.32 Å². The van der Waals surface area contributed by atoms with Crippen LogP contribution in [0.1, 0.15) is 48.7 Å². The summed E-state index contributed by atoms with van der Waals surface area (Å²) in [5.41, 5.74) is 1.62. The number of aryl methyl sites for hydroxylation is 1. The van der Waals surface area contributed by atoms with E-state index in [1.54, 1.807) is 13.1 Å². The molecule has 0 aliphatic carbocycles. The Balaban J connectivity index is 1.56. The van der Waals surface area contributed by atoms with Crippen molar-refractivity contribution in [3.05, 3.63) is 35.7 Å². The second-order valence-corrected chi connectivity index (χ2v) is 6.67. The van der Waals surface area contributed by atoms with Crippen LogP contribution in [0.4, 0.5) is 0 Å². The number of carbonyl (C=O) groups is 1. The monoisotopic (exact) mass is 342 g/mol. The fourth-order valence-corrected chi connectivity index (χ4v) is 3.38. The van der Waals surface area contributed by atoms with E-state index in [1.807, 2.05) is 18.2 Å². The zero-order chi connectivity index (χ0) is 17.6. The molecule has 0 aromatic carbocycles. The van der Waals surface area contributed by atoms with Gasteiger partial charge in [0.25, 0.3) is 5.91 Å². The minimum Gasteiger partial charge on any atom is -0.360 e. The summed E-state index contributed by atoms with van der Waals surface area (Å²) < 4.78 is 5.23. The summed E-state index contributed by atoms with van der Waals surface area (Å²) in [6, 6.07) is 6.18. The number of piperidine rings is 1. The van der Waals surface area contributed by atoms with E-state index in [4.69, 9.17) is 4.52 Å². The molecule has 1 amide bonds. The predicted molar refractivity (Wildman–Crippen MR) is 96.3 cm³/mol. The number of hydrogen-bond acceptors (Lipinski definition) is 5. The molecule has 1 fully saturated rings. The SMILES string of the molecule is Cc1onc(-c2ccccn2)c1C(=O)NCCCN1CCCC[C@H]1C. The maximum Gasteiger partial charge on any atom is 0.257 e. The minimum atomic E-state index is -0.147.